The molecule has 1 heterocycles. The monoisotopic (exact) mass is 333 g/mol. The van der Waals surface area contributed by atoms with Crippen molar-refractivity contribution in [2.75, 3.05) is 20.2 Å². The van der Waals surface area contributed by atoms with Crippen molar-refractivity contribution in [2.24, 2.45) is 0 Å². The first kappa shape index (κ1) is 17.0. The molecule has 122 valence electrons. The molecule has 7 heteroatoms. The molecule has 2 rings (SSSR count). The molecular formula is C15H18F3NO2S. The summed E-state index contributed by atoms with van der Waals surface area (Å²) in [7, 11) is 1.57. The molecule has 1 saturated heterocycles. The fourth-order valence-corrected chi connectivity index (χ4v) is 3.87. The number of methoxy groups -OCH3 is 1. The van der Waals surface area contributed by atoms with Gasteiger partial charge in [-0.1, -0.05) is 18.2 Å². The second-order valence-electron chi connectivity index (χ2n) is 5.17. The molecule has 1 aliphatic heterocycles. The molecule has 2 unspecified atom stereocenters. The molecule has 1 aromatic rings. The summed E-state index contributed by atoms with van der Waals surface area (Å²) in [6.07, 6.45) is -3.90. The van der Waals surface area contributed by atoms with Crippen LogP contribution in [0, 0.1) is 0 Å². The first-order valence-corrected chi connectivity index (χ1v) is 7.90. The van der Waals surface area contributed by atoms with Crippen molar-refractivity contribution in [1.29, 1.82) is 0 Å². The van der Waals surface area contributed by atoms with Gasteiger partial charge in [-0.2, -0.15) is 13.2 Å². The van der Waals surface area contributed by atoms with Crippen LogP contribution < -0.4 is 4.74 Å². The number of hydrogen-bond donors (Lipinski definition) is 0. The molecule has 1 fully saturated rings. The van der Waals surface area contributed by atoms with Crippen molar-refractivity contribution in [1.82, 2.24) is 4.90 Å². The highest BCUT2D eigenvalue weighted by atomic mass is 32.2. The number of carbonyl (C=O) groups excluding carboxylic acids is 1. The molecular weight excluding hydrogens is 315 g/mol. The molecule has 0 spiro atoms. The Balaban J connectivity index is 2.01. The fraction of sp³-hybridized carbons (Fsp3) is 0.533. The Kier molecular flexibility index (Phi) is 5.26. The van der Waals surface area contributed by atoms with Gasteiger partial charge in [0.1, 0.15) is 12.3 Å². The minimum absolute atomic E-state index is 0.0315. The Labute approximate surface area is 131 Å². The topological polar surface area (TPSA) is 29.5 Å². The Morgan fingerprint density at radius 1 is 1.41 bits per heavy atom. The number of rotatable bonds is 5. The Hall–Kier alpha value is -1.37. The Bertz CT molecular complexity index is 536. The highest BCUT2D eigenvalue weighted by Gasteiger charge is 2.40. The lowest BCUT2D eigenvalue weighted by Gasteiger charge is -2.20. The maximum atomic E-state index is 12.4. The van der Waals surface area contributed by atoms with E-state index in [-0.39, 0.29) is 11.8 Å². The Morgan fingerprint density at radius 2 is 2.09 bits per heavy atom. The van der Waals surface area contributed by atoms with Crippen LogP contribution in [-0.2, 0) is 4.79 Å². The number of benzene rings is 1. The van der Waals surface area contributed by atoms with Gasteiger partial charge in [0, 0.05) is 17.4 Å². The highest BCUT2D eigenvalue weighted by Crippen LogP contribution is 2.40. The number of halogens is 3. The molecule has 0 radical (unpaired) electrons. The first-order valence-electron chi connectivity index (χ1n) is 6.95. The molecule has 1 aliphatic rings. The van der Waals surface area contributed by atoms with Gasteiger partial charge in [0.05, 0.1) is 12.4 Å². The number of alkyl halides is 3. The number of amides is 1. The van der Waals surface area contributed by atoms with Gasteiger partial charge in [-0.15, -0.1) is 11.8 Å². The van der Waals surface area contributed by atoms with Crippen molar-refractivity contribution >= 4 is 17.7 Å². The van der Waals surface area contributed by atoms with Crippen LogP contribution in [0.5, 0.6) is 5.75 Å². The molecule has 2 atom stereocenters. The molecule has 1 amide bonds. The number of ether oxygens (including phenoxy) is 1. The molecule has 22 heavy (non-hydrogen) atoms. The molecule has 0 aliphatic carbocycles. The van der Waals surface area contributed by atoms with Gasteiger partial charge in [0.15, 0.2) is 0 Å². The van der Waals surface area contributed by atoms with E-state index in [0.29, 0.717) is 6.42 Å². The van der Waals surface area contributed by atoms with Crippen molar-refractivity contribution in [3.8, 4) is 5.75 Å². The largest absolute Gasteiger partial charge is 0.496 e. The van der Waals surface area contributed by atoms with E-state index in [9.17, 15) is 18.0 Å². The van der Waals surface area contributed by atoms with E-state index < -0.39 is 23.9 Å². The molecule has 0 bridgehead atoms. The average molecular weight is 333 g/mol. The molecule has 0 N–H and O–H groups in total. The smallest absolute Gasteiger partial charge is 0.406 e. The van der Waals surface area contributed by atoms with E-state index in [1.165, 1.54) is 11.8 Å². The van der Waals surface area contributed by atoms with Crippen LogP contribution in [0.2, 0.25) is 0 Å². The van der Waals surface area contributed by atoms with Gasteiger partial charge >= 0.3 is 6.18 Å². The lowest BCUT2D eigenvalue weighted by atomic mass is 10.1. The number of carbonyl (C=O) groups is 1. The van der Waals surface area contributed by atoms with Crippen LogP contribution in [0.3, 0.4) is 0 Å². The van der Waals surface area contributed by atoms with E-state index >= 15 is 0 Å². The second-order valence-corrected chi connectivity index (χ2v) is 6.72. The zero-order valence-corrected chi connectivity index (χ0v) is 13.2. The summed E-state index contributed by atoms with van der Waals surface area (Å²) in [5.41, 5.74) is 0.942. The fourth-order valence-electron chi connectivity index (χ4n) is 2.53. The molecule has 0 aromatic heterocycles. The van der Waals surface area contributed by atoms with E-state index in [4.69, 9.17) is 4.74 Å². The third-order valence-electron chi connectivity index (χ3n) is 3.56. The number of para-hydroxylation sites is 1. The molecule has 3 nitrogen and oxygen atoms in total. The van der Waals surface area contributed by atoms with Crippen LogP contribution in [0.1, 0.15) is 24.2 Å². The van der Waals surface area contributed by atoms with Crippen LogP contribution in [0.4, 0.5) is 13.2 Å². The predicted octanol–water partition coefficient (Wildman–Crippen LogP) is 3.65. The summed E-state index contributed by atoms with van der Waals surface area (Å²) in [5, 5.41) is -0.460. The number of hydrogen-bond acceptors (Lipinski definition) is 3. The third kappa shape index (κ3) is 4.09. The van der Waals surface area contributed by atoms with E-state index in [0.717, 1.165) is 16.2 Å². The number of likely N-dealkylation sites (tertiary alicyclic amines) is 1. The van der Waals surface area contributed by atoms with Crippen molar-refractivity contribution in [3.05, 3.63) is 29.8 Å². The van der Waals surface area contributed by atoms with Crippen molar-refractivity contribution in [2.45, 2.75) is 30.0 Å². The van der Waals surface area contributed by atoms with E-state index in [1.54, 1.807) is 7.11 Å². The zero-order chi connectivity index (χ0) is 16.3. The lowest BCUT2D eigenvalue weighted by molar-refractivity contribution is -0.157. The van der Waals surface area contributed by atoms with Crippen molar-refractivity contribution < 1.29 is 22.7 Å². The third-order valence-corrected chi connectivity index (χ3v) is 4.99. The number of thioether (sulfide) groups is 1. The summed E-state index contributed by atoms with van der Waals surface area (Å²) in [4.78, 5) is 13.0. The number of nitrogens with zero attached hydrogens (tertiary/aromatic N) is 1. The van der Waals surface area contributed by atoms with Crippen molar-refractivity contribution in [3.63, 3.8) is 0 Å². The zero-order valence-electron chi connectivity index (χ0n) is 12.4. The summed E-state index contributed by atoms with van der Waals surface area (Å²) >= 11 is 1.39. The quantitative estimate of drug-likeness (QED) is 0.824. The lowest BCUT2D eigenvalue weighted by Crippen LogP contribution is -2.36. The maximum absolute atomic E-state index is 12.4. The van der Waals surface area contributed by atoms with Crippen LogP contribution >= 0.6 is 11.8 Å². The minimum atomic E-state index is -4.34. The standard InChI is InChI=1S/C15H18F3NO2S/c1-10(11-5-3-4-6-12(11)21-2)22-13-7-8-19(14(13)20)9-15(16,17)18/h3-6,10,13H,7-9H2,1-2H3. The van der Waals surface area contributed by atoms with Crippen LogP contribution in [0.25, 0.3) is 0 Å². The summed E-state index contributed by atoms with van der Waals surface area (Å²) in [5.74, 6) is 0.296. The van der Waals surface area contributed by atoms with E-state index in [2.05, 4.69) is 0 Å². The maximum Gasteiger partial charge on any atom is 0.406 e. The highest BCUT2D eigenvalue weighted by molar-refractivity contribution is 8.00. The second kappa shape index (κ2) is 6.81. The SMILES string of the molecule is COc1ccccc1C(C)SC1CCN(CC(F)(F)F)C1=O. The summed E-state index contributed by atoms with van der Waals surface area (Å²) in [6, 6.07) is 7.47. The normalized spacial score (nSPS) is 20.3. The average Bonchev–Trinajstić information content (AvgIpc) is 2.78. The predicted molar refractivity (Wildman–Crippen MR) is 80.0 cm³/mol. The first-order chi connectivity index (χ1) is 10.3. The van der Waals surface area contributed by atoms with Gasteiger partial charge in [-0.05, 0) is 19.4 Å². The van der Waals surface area contributed by atoms with Gasteiger partial charge in [-0.3, -0.25) is 4.79 Å². The van der Waals surface area contributed by atoms with Gasteiger partial charge < -0.3 is 9.64 Å². The van der Waals surface area contributed by atoms with Gasteiger partial charge in [0.2, 0.25) is 5.91 Å². The van der Waals surface area contributed by atoms with E-state index in [1.807, 2.05) is 31.2 Å². The van der Waals surface area contributed by atoms with Gasteiger partial charge in [0.25, 0.3) is 0 Å². The summed E-state index contributed by atoms with van der Waals surface area (Å²) < 4.78 is 42.5. The molecule has 1 aromatic carbocycles. The Morgan fingerprint density at radius 3 is 2.73 bits per heavy atom. The molecule has 0 saturated carbocycles. The minimum Gasteiger partial charge on any atom is -0.496 e. The van der Waals surface area contributed by atoms with Crippen LogP contribution in [0.15, 0.2) is 24.3 Å². The summed E-state index contributed by atoms with van der Waals surface area (Å²) in [6.45, 7) is 0.933. The van der Waals surface area contributed by atoms with Gasteiger partial charge in [-0.25, -0.2) is 0 Å². The van der Waals surface area contributed by atoms with Crippen LogP contribution in [-0.4, -0.2) is 42.4 Å².